The predicted octanol–water partition coefficient (Wildman–Crippen LogP) is 1.78. The van der Waals surface area contributed by atoms with Gasteiger partial charge in [-0.3, -0.25) is 14.5 Å². The molecule has 0 saturated carbocycles. The summed E-state index contributed by atoms with van der Waals surface area (Å²) in [6.07, 6.45) is 0.549. The van der Waals surface area contributed by atoms with Crippen molar-refractivity contribution in [3.8, 4) is 0 Å². The van der Waals surface area contributed by atoms with Gasteiger partial charge in [-0.25, -0.2) is 0 Å². The Labute approximate surface area is 147 Å². The van der Waals surface area contributed by atoms with Crippen molar-refractivity contribution >= 4 is 11.8 Å². The van der Waals surface area contributed by atoms with E-state index in [9.17, 15) is 9.59 Å². The number of carbonyl (C=O) groups excluding carboxylic acids is 2. The van der Waals surface area contributed by atoms with Crippen molar-refractivity contribution in [3.05, 3.63) is 71.3 Å². The fraction of sp³-hybridized carbons (Fsp3) is 0.300. The van der Waals surface area contributed by atoms with E-state index >= 15 is 0 Å². The first kappa shape index (κ1) is 17.2. The molecule has 2 aromatic rings. The van der Waals surface area contributed by atoms with Crippen LogP contribution in [-0.4, -0.2) is 29.3 Å². The molecule has 0 fully saturated rings. The Kier molecular flexibility index (Phi) is 5.14. The Morgan fingerprint density at radius 2 is 1.76 bits per heavy atom. The molecule has 2 amide bonds. The molecule has 0 saturated heterocycles. The number of nitrogens with one attached hydrogen (secondary N) is 1. The van der Waals surface area contributed by atoms with E-state index in [1.807, 2.05) is 66.4 Å². The minimum absolute atomic E-state index is 0.0854. The number of amides is 2. The van der Waals surface area contributed by atoms with Crippen LogP contribution in [0.3, 0.4) is 0 Å². The Balaban J connectivity index is 1.68. The topological polar surface area (TPSA) is 75.4 Å². The van der Waals surface area contributed by atoms with Crippen LogP contribution in [0, 0.1) is 0 Å². The molecule has 1 heterocycles. The minimum atomic E-state index is -0.451. The van der Waals surface area contributed by atoms with Gasteiger partial charge in [0.05, 0.1) is 18.6 Å². The summed E-state index contributed by atoms with van der Waals surface area (Å²) in [4.78, 5) is 26.2. The highest BCUT2D eigenvalue weighted by Crippen LogP contribution is 2.23. The first-order chi connectivity index (χ1) is 12.0. The summed E-state index contributed by atoms with van der Waals surface area (Å²) in [7, 11) is 0. The normalized spacial score (nSPS) is 18.2. The molecule has 2 aromatic carbocycles. The van der Waals surface area contributed by atoms with Crippen LogP contribution in [0.5, 0.6) is 0 Å². The SMILES string of the molecule is C[C@@H](NC(=O)CN1Cc2ccccc2C[C@H]1C(N)=O)c1ccccc1. The van der Waals surface area contributed by atoms with Gasteiger partial charge in [0.2, 0.25) is 11.8 Å². The van der Waals surface area contributed by atoms with Crippen molar-refractivity contribution < 1.29 is 9.59 Å². The van der Waals surface area contributed by atoms with Gasteiger partial charge in [-0.1, -0.05) is 54.6 Å². The molecule has 3 N–H and O–H groups in total. The fourth-order valence-electron chi connectivity index (χ4n) is 3.32. The molecule has 1 aliphatic rings. The van der Waals surface area contributed by atoms with Crippen LogP contribution >= 0.6 is 0 Å². The van der Waals surface area contributed by atoms with E-state index in [1.54, 1.807) is 0 Å². The maximum Gasteiger partial charge on any atom is 0.235 e. The first-order valence-corrected chi connectivity index (χ1v) is 8.49. The summed E-state index contributed by atoms with van der Waals surface area (Å²) in [6.45, 7) is 2.65. The molecule has 0 bridgehead atoms. The average molecular weight is 337 g/mol. The summed E-state index contributed by atoms with van der Waals surface area (Å²) in [5, 5.41) is 2.99. The van der Waals surface area contributed by atoms with E-state index in [2.05, 4.69) is 5.32 Å². The molecule has 0 aliphatic carbocycles. The van der Waals surface area contributed by atoms with Crippen LogP contribution in [0.1, 0.15) is 29.7 Å². The van der Waals surface area contributed by atoms with Gasteiger partial charge in [0, 0.05) is 6.54 Å². The van der Waals surface area contributed by atoms with E-state index in [1.165, 1.54) is 0 Å². The molecule has 0 spiro atoms. The summed E-state index contributed by atoms with van der Waals surface area (Å²) in [5.74, 6) is -0.500. The maximum absolute atomic E-state index is 12.5. The molecule has 130 valence electrons. The highest BCUT2D eigenvalue weighted by atomic mass is 16.2. The molecule has 0 unspecified atom stereocenters. The highest BCUT2D eigenvalue weighted by Gasteiger charge is 2.31. The smallest absolute Gasteiger partial charge is 0.235 e. The van der Waals surface area contributed by atoms with E-state index < -0.39 is 11.9 Å². The molecular weight excluding hydrogens is 314 g/mol. The molecule has 1 aliphatic heterocycles. The molecule has 0 aromatic heterocycles. The zero-order valence-corrected chi connectivity index (χ0v) is 14.3. The van der Waals surface area contributed by atoms with Gasteiger partial charge in [-0.2, -0.15) is 0 Å². The number of hydrogen-bond donors (Lipinski definition) is 2. The van der Waals surface area contributed by atoms with Crippen LogP contribution in [0.2, 0.25) is 0 Å². The molecular formula is C20H23N3O2. The minimum Gasteiger partial charge on any atom is -0.368 e. The number of hydrogen-bond acceptors (Lipinski definition) is 3. The molecule has 0 radical (unpaired) electrons. The number of rotatable bonds is 5. The quantitative estimate of drug-likeness (QED) is 0.873. The third kappa shape index (κ3) is 4.06. The number of nitrogens with two attached hydrogens (primary N) is 1. The van der Waals surface area contributed by atoms with E-state index in [4.69, 9.17) is 5.73 Å². The number of fused-ring (bicyclic) bond motifs is 1. The van der Waals surface area contributed by atoms with E-state index in [-0.39, 0.29) is 18.5 Å². The van der Waals surface area contributed by atoms with Crippen molar-refractivity contribution in [1.82, 2.24) is 10.2 Å². The standard InChI is InChI=1S/C20H23N3O2/c1-14(15-7-3-2-4-8-15)22-19(24)13-23-12-17-10-6-5-9-16(17)11-18(23)20(21)25/h2-10,14,18H,11-13H2,1H3,(H2,21,25)(H,22,24)/t14-,18+/m1/s1. The Bertz CT molecular complexity index is 761. The Hall–Kier alpha value is -2.66. The summed E-state index contributed by atoms with van der Waals surface area (Å²) >= 11 is 0. The number of carbonyl (C=O) groups is 2. The summed E-state index contributed by atoms with van der Waals surface area (Å²) in [6, 6.07) is 17.2. The number of primary amides is 1. The lowest BCUT2D eigenvalue weighted by Gasteiger charge is -2.34. The summed E-state index contributed by atoms with van der Waals surface area (Å²) in [5.41, 5.74) is 8.89. The van der Waals surface area contributed by atoms with Crippen molar-refractivity contribution in [2.24, 2.45) is 5.73 Å². The van der Waals surface area contributed by atoms with Gasteiger partial charge in [0.1, 0.15) is 0 Å². The Morgan fingerprint density at radius 3 is 2.44 bits per heavy atom. The summed E-state index contributed by atoms with van der Waals surface area (Å²) < 4.78 is 0. The van der Waals surface area contributed by atoms with E-state index in [0.29, 0.717) is 13.0 Å². The van der Waals surface area contributed by atoms with Gasteiger partial charge in [0.15, 0.2) is 0 Å². The zero-order valence-electron chi connectivity index (χ0n) is 14.3. The molecule has 5 heteroatoms. The highest BCUT2D eigenvalue weighted by molar-refractivity contribution is 5.83. The molecule has 2 atom stereocenters. The van der Waals surface area contributed by atoms with Crippen molar-refractivity contribution in [2.45, 2.75) is 32.0 Å². The van der Waals surface area contributed by atoms with Gasteiger partial charge >= 0.3 is 0 Å². The largest absolute Gasteiger partial charge is 0.368 e. The van der Waals surface area contributed by atoms with Crippen LogP contribution in [-0.2, 0) is 22.6 Å². The van der Waals surface area contributed by atoms with Gasteiger partial charge in [-0.05, 0) is 30.0 Å². The van der Waals surface area contributed by atoms with Crippen LogP contribution in [0.4, 0.5) is 0 Å². The monoisotopic (exact) mass is 337 g/mol. The first-order valence-electron chi connectivity index (χ1n) is 8.49. The van der Waals surface area contributed by atoms with Gasteiger partial charge < -0.3 is 11.1 Å². The molecule has 5 nitrogen and oxygen atoms in total. The number of nitrogens with zero attached hydrogens (tertiary/aromatic N) is 1. The van der Waals surface area contributed by atoms with Crippen LogP contribution in [0.25, 0.3) is 0 Å². The lowest BCUT2D eigenvalue weighted by Crippen LogP contribution is -2.51. The lowest BCUT2D eigenvalue weighted by atomic mass is 9.93. The van der Waals surface area contributed by atoms with Crippen LogP contribution in [0.15, 0.2) is 54.6 Å². The fourth-order valence-corrected chi connectivity index (χ4v) is 3.32. The Morgan fingerprint density at radius 1 is 1.12 bits per heavy atom. The lowest BCUT2D eigenvalue weighted by molar-refractivity contribution is -0.127. The van der Waals surface area contributed by atoms with Crippen molar-refractivity contribution in [3.63, 3.8) is 0 Å². The second-order valence-electron chi connectivity index (χ2n) is 6.50. The maximum atomic E-state index is 12.5. The third-order valence-electron chi connectivity index (χ3n) is 4.70. The van der Waals surface area contributed by atoms with E-state index in [0.717, 1.165) is 16.7 Å². The number of benzene rings is 2. The second kappa shape index (κ2) is 7.49. The van der Waals surface area contributed by atoms with Crippen molar-refractivity contribution in [1.29, 1.82) is 0 Å². The average Bonchev–Trinajstić information content (AvgIpc) is 2.61. The van der Waals surface area contributed by atoms with Crippen LogP contribution < -0.4 is 11.1 Å². The van der Waals surface area contributed by atoms with Crippen molar-refractivity contribution in [2.75, 3.05) is 6.54 Å². The van der Waals surface area contributed by atoms with Gasteiger partial charge in [0.25, 0.3) is 0 Å². The molecule has 3 rings (SSSR count). The second-order valence-corrected chi connectivity index (χ2v) is 6.50. The van der Waals surface area contributed by atoms with Gasteiger partial charge in [-0.15, -0.1) is 0 Å². The zero-order chi connectivity index (χ0) is 17.8. The predicted molar refractivity (Wildman–Crippen MR) is 96.5 cm³/mol. The molecule has 25 heavy (non-hydrogen) atoms. The third-order valence-corrected chi connectivity index (χ3v) is 4.70.